The van der Waals surface area contributed by atoms with Crippen molar-refractivity contribution in [3.8, 4) is 0 Å². The lowest BCUT2D eigenvalue weighted by Gasteiger charge is -2.30. The van der Waals surface area contributed by atoms with Crippen molar-refractivity contribution in [1.82, 2.24) is 14.5 Å². The molecule has 2 fully saturated rings. The highest BCUT2D eigenvalue weighted by atomic mass is 16.8. The third kappa shape index (κ3) is 4.13. The molecule has 4 aromatic rings. The van der Waals surface area contributed by atoms with Crippen molar-refractivity contribution in [3.05, 3.63) is 95.1 Å². The molecule has 1 aliphatic carbocycles. The van der Waals surface area contributed by atoms with Gasteiger partial charge in [-0.1, -0.05) is 36.4 Å². The molecule has 0 amide bonds. The zero-order valence-corrected chi connectivity index (χ0v) is 21.7. The molecule has 2 aromatic carbocycles. The molecule has 0 spiro atoms. The summed E-state index contributed by atoms with van der Waals surface area (Å²) in [6.45, 7) is 3.54. The molecule has 9 heteroatoms. The van der Waals surface area contributed by atoms with Crippen LogP contribution in [-0.2, 0) is 38.4 Å². The van der Waals surface area contributed by atoms with Crippen LogP contribution in [0.4, 0.5) is 0 Å². The van der Waals surface area contributed by atoms with Crippen molar-refractivity contribution >= 4 is 17.0 Å². The zero-order valence-electron chi connectivity index (χ0n) is 21.7. The first-order valence-electron chi connectivity index (χ1n) is 13.2. The fourth-order valence-electron chi connectivity index (χ4n) is 5.90. The largest absolute Gasteiger partial charge is 0.451 e. The number of rotatable bonds is 6. The van der Waals surface area contributed by atoms with Gasteiger partial charge in [-0.3, -0.25) is 0 Å². The molecule has 200 valence electrons. The van der Waals surface area contributed by atoms with Gasteiger partial charge < -0.3 is 28.6 Å². The second kappa shape index (κ2) is 9.24. The summed E-state index contributed by atoms with van der Waals surface area (Å²) in [5.41, 5.74) is 5.04. The molecule has 2 aliphatic heterocycles. The van der Waals surface area contributed by atoms with Crippen molar-refractivity contribution in [2.45, 2.75) is 69.7 Å². The average molecular weight is 528 g/mol. The van der Waals surface area contributed by atoms with Crippen molar-refractivity contribution in [2.75, 3.05) is 0 Å². The number of ether oxygens (including phenoxy) is 4. The third-order valence-electron chi connectivity index (χ3n) is 7.85. The Labute approximate surface area is 225 Å². The van der Waals surface area contributed by atoms with E-state index in [4.69, 9.17) is 18.9 Å². The number of aliphatic hydroxyl groups excluding tert-OH is 1. The summed E-state index contributed by atoms with van der Waals surface area (Å²) >= 11 is 0. The van der Waals surface area contributed by atoms with Crippen molar-refractivity contribution in [1.29, 1.82) is 0 Å². The maximum atomic E-state index is 13.3. The molecular weight excluding hydrogens is 498 g/mol. The Balaban J connectivity index is 1.29. The number of nitrogens with zero attached hydrogens (tertiary/aromatic N) is 3. The number of esters is 1. The molecule has 5 atom stereocenters. The van der Waals surface area contributed by atoms with E-state index >= 15 is 0 Å². The minimum atomic E-state index is -0.863. The summed E-state index contributed by atoms with van der Waals surface area (Å²) in [5, 5.41) is 10.5. The quantitative estimate of drug-likeness (QED) is 0.375. The minimum Gasteiger partial charge on any atom is -0.451 e. The van der Waals surface area contributed by atoms with E-state index in [2.05, 4.69) is 22.1 Å². The van der Waals surface area contributed by atoms with E-state index < -0.39 is 42.4 Å². The number of aliphatic hydroxyl groups is 1. The van der Waals surface area contributed by atoms with Gasteiger partial charge in [-0.2, -0.15) is 0 Å². The van der Waals surface area contributed by atoms with Crippen LogP contribution in [-0.4, -0.2) is 49.7 Å². The van der Waals surface area contributed by atoms with Crippen molar-refractivity contribution < 1.29 is 28.8 Å². The molecule has 7 rings (SSSR count). The molecule has 1 N–H and O–H groups in total. The fourth-order valence-corrected chi connectivity index (χ4v) is 5.90. The van der Waals surface area contributed by atoms with Gasteiger partial charge in [0, 0.05) is 11.6 Å². The summed E-state index contributed by atoms with van der Waals surface area (Å²) < 4.78 is 27.6. The van der Waals surface area contributed by atoms with Crippen LogP contribution in [0.5, 0.6) is 0 Å². The van der Waals surface area contributed by atoms with Crippen LogP contribution >= 0.6 is 0 Å². The van der Waals surface area contributed by atoms with Gasteiger partial charge in [-0.05, 0) is 61.6 Å². The van der Waals surface area contributed by atoms with E-state index in [1.54, 1.807) is 12.1 Å². The molecule has 4 heterocycles. The lowest BCUT2D eigenvalue weighted by Crippen LogP contribution is -2.36. The van der Waals surface area contributed by atoms with E-state index in [-0.39, 0.29) is 6.61 Å². The van der Waals surface area contributed by atoms with Crippen molar-refractivity contribution in [3.63, 3.8) is 0 Å². The standard InChI is InChI=1S/C30H29N3O6/c1-30(2)38-25-24(36-28(26(25)39-30)33-13-12-21-22(15-34)31-16-32-27(21)33)23(20-11-9-17-8-10-19(17)14-20)37-29(35)18-6-4-3-5-7-18/h3-7,9,11-14,16,23-26,28,34H,8,10,15H2,1-2H3/t23?,24-,25-,26-,28-/m1/s1. The Morgan fingerprint density at radius 3 is 2.62 bits per heavy atom. The SMILES string of the molecule is CC1(C)O[C@@H]2[C@H](O1)[C@@H](C(OC(=O)c1ccccc1)c1ccc3c(c1)CC3)O[C@H]2n1ccc2c(CO)ncnc21. The van der Waals surface area contributed by atoms with Gasteiger partial charge in [0.15, 0.2) is 18.1 Å². The monoisotopic (exact) mass is 527 g/mol. The van der Waals surface area contributed by atoms with Gasteiger partial charge in [0.1, 0.15) is 30.3 Å². The third-order valence-corrected chi connectivity index (χ3v) is 7.85. The van der Waals surface area contributed by atoms with E-state index in [0.717, 1.165) is 23.8 Å². The zero-order chi connectivity index (χ0) is 26.7. The molecular formula is C30H29N3O6. The van der Waals surface area contributed by atoms with E-state index in [9.17, 15) is 9.90 Å². The number of carbonyl (C=O) groups is 1. The number of carbonyl (C=O) groups excluding carboxylic acids is 1. The second-order valence-electron chi connectivity index (χ2n) is 10.7. The Hall–Kier alpha value is -3.63. The van der Waals surface area contributed by atoms with Crippen LogP contribution in [0, 0.1) is 0 Å². The van der Waals surface area contributed by atoms with E-state index in [1.807, 2.05) is 54.9 Å². The maximum Gasteiger partial charge on any atom is 0.338 e. The number of aryl methyl sites for hydroxylation is 2. The van der Waals surface area contributed by atoms with Gasteiger partial charge in [-0.15, -0.1) is 0 Å². The lowest BCUT2D eigenvalue weighted by molar-refractivity contribution is -0.207. The van der Waals surface area contributed by atoms with Gasteiger partial charge in [-0.25, -0.2) is 14.8 Å². The predicted octanol–water partition coefficient (Wildman–Crippen LogP) is 4.04. The van der Waals surface area contributed by atoms with Crippen LogP contribution in [0.2, 0.25) is 0 Å². The molecule has 9 nitrogen and oxygen atoms in total. The number of hydrogen-bond acceptors (Lipinski definition) is 8. The maximum absolute atomic E-state index is 13.3. The first kappa shape index (κ1) is 24.4. The van der Waals surface area contributed by atoms with Gasteiger partial charge in [0.05, 0.1) is 17.9 Å². The van der Waals surface area contributed by atoms with E-state index in [1.165, 1.54) is 17.5 Å². The lowest BCUT2D eigenvalue weighted by atomic mass is 9.85. The molecule has 3 aliphatic rings. The van der Waals surface area contributed by atoms with Crippen LogP contribution in [0.25, 0.3) is 11.0 Å². The molecule has 39 heavy (non-hydrogen) atoms. The van der Waals surface area contributed by atoms with Crippen LogP contribution in [0.1, 0.15) is 58.9 Å². The number of fused-ring (bicyclic) bond motifs is 3. The number of benzene rings is 2. The summed E-state index contributed by atoms with van der Waals surface area (Å²) in [6.07, 6.45) is 2.35. The second-order valence-corrected chi connectivity index (χ2v) is 10.7. The summed E-state index contributed by atoms with van der Waals surface area (Å²) in [5.74, 6) is -1.30. The topological polar surface area (TPSA) is 105 Å². The number of aromatic nitrogens is 3. The predicted molar refractivity (Wildman–Crippen MR) is 140 cm³/mol. The summed E-state index contributed by atoms with van der Waals surface area (Å²) in [6, 6.07) is 17.0. The normalized spacial score (nSPS) is 25.6. The first-order valence-corrected chi connectivity index (χ1v) is 13.2. The Kier molecular flexibility index (Phi) is 5.78. The minimum absolute atomic E-state index is 0.203. The highest BCUT2D eigenvalue weighted by Gasteiger charge is 2.59. The van der Waals surface area contributed by atoms with Gasteiger partial charge >= 0.3 is 5.97 Å². The van der Waals surface area contributed by atoms with Crippen LogP contribution < -0.4 is 0 Å². The van der Waals surface area contributed by atoms with Crippen molar-refractivity contribution in [2.24, 2.45) is 0 Å². The highest BCUT2D eigenvalue weighted by Crippen LogP contribution is 2.48. The summed E-state index contributed by atoms with van der Waals surface area (Å²) in [4.78, 5) is 22.0. The molecule has 0 radical (unpaired) electrons. The molecule has 0 bridgehead atoms. The van der Waals surface area contributed by atoms with E-state index in [0.29, 0.717) is 16.9 Å². The molecule has 0 saturated carbocycles. The average Bonchev–Trinajstić information content (AvgIpc) is 3.59. The first-order chi connectivity index (χ1) is 18.9. The van der Waals surface area contributed by atoms with Gasteiger partial charge in [0.2, 0.25) is 0 Å². The number of hydrogen-bond donors (Lipinski definition) is 1. The van der Waals surface area contributed by atoms with Crippen LogP contribution in [0.3, 0.4) is 0 Å². The Morgan fingerprint density at radius 1 is 1.08 bits per heavy atom. The highest BCUT2D eigenvalue weighted by molar-refractivity contribution is 5.89. The summed E-state index contributed by atoms with van der Waals surface area (Å²) in [7, 11) is 0. The Morgan fingerprint density at radius 2 is 1.87 bits per heavy atom. The van der Waals surface area contributed by atoms with Crippen LogP contribution in [0.15, 0.2) is 67.1 Å². The smallest absolute Gasteiger partial charge is 0.338 e. The molecule has 2 saturated heterocycles. The Bertz CT molecular complexity index is 1550. The molecule has 2 aromatic heterocycles. The molecule has 1 unspecified atom stereocenters. The van der Waals surface area contributed by atoms with Gasteiger partial charge in [0.25, 0.3) is 0 Å². The fraction of sp³-hybridized carbons (Fsp3) is 0.367.